The fraction of sp³-hybridized carbons (Fsp3) is 0.235. The van der Waals surface area contributed by atoms with E-state index in [0.29, 0.717) is 17.7 Å². The molecule has 0 aromatic heterocycles. The minimum absolute atomic E-state index is 0.0161. The van der Waals surface area contributed by atoms with E-state index in [0.717, 1.165) is 6.42 Å². The number of hydrogen-bond donors (Lipinski definition) is 1. The number of ketones is 1. The molecule has 0 spiro atoms. The Kier molecular flexibility index (Phi) is 5.33. The van der Waals surface area contributed by atoms with Gasteiger partial charge in [-0.1, -0.05) is 30.3 Å². The molecule has 0 aliphatic heterocycles. The number of aryl methyl sites for hydroxylation is 1. The van der Waals surface area contributed by atoms with Crippen LogP contribution in [0, 0.1) is 0 Å². The normalized spacial score (nSPS) is 10.2. The Bertz CT molecular complexity index is 532. The third-order valence-corrected chi connectivity index (χ3v) is 3.02. The van der Waals surface area contributed by atoms with E-state index in [9.17, 15) is 4.79 Å². The number of rotatable bonds is 7. The van der Waals surface area contributed by atoms with E-state index >= 15 is 0 Å². The Morgan fingerprint density at radius 2 is 1.70 bits per heavy atom. The number of aliphatic hydroxyl groups excluding tert-OH is 1. The standard InChI is InChI=1S/C17H18O3/c18-12-13-20-16-9-7-15(8-10-16)17(19)11-6-14-4-2-1-3-5-14/h1-5,7-10,18H,6,11-13H2. The molecule has 2 aromatic rings. The Balaban J connectivity index is 1.89. The molecule has 1 N–H and O–H groups in total. The lowest BCUT2D eigenvalue weighted by atomic mass is 10.0. The highest BCUT2D eigenvalue weighted by Crippen LogP contribution is 2.14. The molecule has 0 radical (unpaired) electrons. The Labute approximate surface area is 118 Å². The van der Waals surface area contributed by atoms with Crippen molar-refractivity contribution < 1.29 is 14.6 Å². The van der Waals surface area contributed by atoms with Crippen LogP contribution < -0.4 is 4.74 Å². The van der Waals surface area contributed by atoms with Crippen LogP contribution in [0.4, 0.5) is 0 Å². The van der Waals surface area contributed by atoms with Gasteiger partial charge in [0.2, 0.25) is 0 Å². The lowest BCUT2D eigenvalue weighted by Crippen LogP contribution is -2.03. The minimum Gasteiger partial charge on any atom is -0.491 e. The molecule has 0 aliphatic rings. The zero-order chi connectivity index (χ0) is 14.2. The molecule has 0 unspecified atom stereocenters. The zero-order valence-corrected chi connectivity index (χ0v) is 11.3. The average molecular weight is 270 g/mol. The Morgan fingerprint density at radius 3 is 2.35 bits per heavy atom. The number of Topliss-reactive ketones (excluding diaryl/α,β-unsaturated/α-hetero) is 1. The summed E-state index contributed by atoms with van der Waals surface area (Å²) >= 11 is 0. The van der Waals surface area contributed by atoms with Gasteiger partial charge in [0, 0.05) is 12.0 Å². The molecule has 0 atom stereocenters. The van der Waals surface area contributed by atoms with Crippen molar-refractivity contribution in [3.63, 3.8) is 0 Å². The van der Waals surface area contributed by atoms with Gasteiger partial charge in [-0.15, -0.1) is 0 Å². The van der Waals surface area contributed by atoms with Gasteiger partial charge in [-0.05, 0) is 36.2 Å². The second kappa shape index (κ2) is 7.46. The smallest absolute Gasteiger partial charge is 0.163 e. The molecular formula is C17H18O3. The van der Waals surface area contributed by atoms with E-state index < -0.39 is 0 Å². The molecule has 0 saturated heterocycles. The molecule has 20 heavy (non-hydrogen) atoms. The third kappa shape index (κ3) is 4.21. The van der Waals surface area contributed by atoms with Gasteiger partial charge in [-0.2, -0.15) is 0 Å². The summed E-state index contributed by atoms with van der Waals surface area (Å²) in [6, 6.07) is 17.0. The first-order valence-electron chi connectivity index (χ1n) is 6.70. The lowest BCUT2D eigenvalue weighted by molar-refractivity contribution is 0.0982. The van der Waals surface area contributed by atoms with Gasteiger partial charge in [-0.3, -0.25) is 4.79 Å². The van der Waals surface area contributed by atoms with Gasteiger partial charge in [0.15, 0.2) is 5.78 Å². The topological polar surface area (TPSA) is 46.5 Å². The monoisotopic (exact) mass is 270 g/mol. The first-order valence-corrected chi connectivity index (χ1v) is 6.70. The largest absolute Gasteiger partial charge is 0.491 e. The van der Waals surface area contributed by atoms with Crippen LogP contribution in [0.25, 0.3) is 0 Å². The van der Waals surface area contributed by atoms with Crippen LogP contribution in [0.3, 0.4) is 0 Å². The molecule has 0 heterocycles. The van der Waals surface area contributed by atoms with Gasteiger partial charge < -0.3 is 9.84 Å². The van der Waals surface area contributed by atoms with Crippen molar-refractivity contribution in [2.24, 2.45) is 0 Å². The molecule has 3 nitrogen and oxygen atoms in total. The van der Waals surface area contributed by atoms with Crippen molar-refractivity contribution in [2.75, 3.05) is 13.2 Å². The zero-order valence-electron chi connectivity index (χ0n) is 11.3. The number of carbonyl (C=O) groups excluding carboxylic acids is 1. The molecule has 0 aliphatic carbocycles. The quantitative estimate of drug-likeness (QED) is 0.787. The van der Waals surface area contributed by atoms with Gasteiger partial charge in [0.1, 0.15) is 12.4 Å². The van der Waals surface area contributed by atoms with Gasteiger partial charge in [0.25, 0.3) is 0 Å². The van der Waals surface area contributed by atoms with Crippen molar-refractivity contribution in [3.05, 3.63) is 65.7 Å². The predicted molar refractivity (Wildman–Crippen MR) is 78.1 cm³/mol. The molecule has 2 rings (SSSR count). The van der Waals surface area contributed by atoms with Gasteiger partial charge in [0.05, 0.1) is 6.61 Å². The molecular weight excluding hydrogens is 252 g/mol. The van der Waals surface area contributed by atoms with Crippen LogP contribution in [-0.2, 0) is 6.42 Å². The fourth-order valence-corrected chi connectivity index (χ4v) is 1.95. The summed E-state index contributed by atoms with van der Waals surface area (Å²) in [6.45, 7) is 0.249. The number of benzene rings is 2. The maximum Gasteiger partial charge on any atom is 0.163 e. The van der Waals surface area contributed by atoms with E-state index in [1.54, 1.807) is 24.3 Å². The first kappa shape index (κ1) is 14.3. The lowest BCUT2D eigenvalue weighted by Gasteiger charge is -2.05. The summed E-state index contributed by atoms with van der Waals surface area (Å²) in [4.78, 5) is 12.1. The third-order valence-electron chi connectivity index (χ3n) is 3.02. The first-order chi connectivity index (χ1) is 9.79. The van der Waals surface area contributed by atoms with Crippen LogP contribution in [0.5, 0.6) is 5.75 Å². The number of hydrogen-bond acceptors (Lipinski definition) is 3. The van der Waals surface area contributed by atoms with Crippen molar-refractivity contribution in [1.29, 1.82) is 0 Å². The number of carbonyl (C=O) groups is 1. The highest BCUT2D eigenvalue weighted by atomic mass is 16.5. The molecule has 0 amide bonds. The molecule has 104 valence electrons. The average Bonchev–Trinajstić information content (AvgIpc) is 2.52. The number of ether oxygens (including phenoxy) is 1. The maximum atomic E-state index is 12.1. The summed E-state index contributed by atoms with van der Waals surface area (Å²) in [6.07, 6.45) is 1.25. The Hall–Kier alpha value is -2.13. The van der Waals surface area contributed by atoms with Crippen LogP contribution in [0.15, 0.2) is 54.6 Å². The van der Waals surface area contributed by atoms with Gasteiger partial charge in [-0.25, -0.2) is 0 Å². The van der Waals surface area contributed by atoms with Crippen molar-refractivity contribution in [3.8, 4) is 5.75 Å². The van der Waals surface area contributed by atoms with E-state index in [-0.39, 0.29) is 19.0 Å². The van der Waals surface area contributed by atoms with Crippen molar-refractivity contribution >= 4 is 5.78 Å². The summed E-state index contributed by atoms with van der Waals surface area (Å²) < 4.78 is 5.26. The summed E-state index contributed by atoms with van der Waals surface area (Å²) in [5.74, 6) is 0.793. The molecule has 3 heteroatoms. The van der Waals surface area contributed by atoms with Crippen LogP contribution in [-0.4, -0.2) is 24.1 Å². The second-order valence-corrected chi connectivity index (χ2v) is 4.51. The van der Waals surface area contributed by atoms with Gasteiger partial charge >= 0.3 is 0 Å². The molecule has 0 fully saturated rings. The van der Waals surface area contributed by atoms with Crippen LogP contribution >= 0.6 is 0 Å². The fourth-order valence-electron chi connectivity index (χ4n) is 1.95. The van der Waals surface area contributed by atoms with Crippen LogP contribution in [0.2, 0.25) is 0 Å². The SMILES string of the molecule is O=C(CCc1ccccc1)c1ccc(OCCO)cc1. The molecule has 0 saturated carbocycles. The van der Waals surface area contributed by atoms with E-state index in [1.807, 2.05) is 30.3 Å². The molecule has 0 bridgehead atoms. The van der Waals surface area contributed by atoms with Crippen molar-refractivity contribution in [1.82, 2.24) is 0 Å². The molecule has 2 aromatic carbocycles. The summed E-state index contributed by atoms with van der Waals surface area (Å²) in [5.41, 5.74) is 1.86. The van der Waals surface area contributed by atoms with Crippen molar-refractivity contribution in [2.45, 2.75) is 12.8 Å². The number of aliphatic hydroxyl groups is 1. The van der Waals surface area contributed by atoms with E-state index in [4.69, 9.17) is 9.84 Å². The van der Waals surface area contributed by atoms with E-state index in [1.165, 1.54) is 5.56 Å². The summed E-state index contributed by atoms with van der Waals surface area (Å²) in [7, 11) is 0. The predicted octanol–water partition coefficient (Wildman–Crippen LogP) is 2.87. The highest BCUT2D eigenvalue weighted by Gasteiger charge is 2.06. The highest BCUT2D eigenvalue weighted by molar-refractivity contribution is 5.96. The maximum absolute atomic E-state index is 12.1. The summed E-state index contributed by atoms with van der Waals surface area (Å²) in [5, 5.41) is 8.67. The van der Waals surface area contributed by atoms with E-state index in [2.05, 4.69) is 0 Å². The van der Waals surface area contributed by atoms with Crippen LogP contribution in [0.1, 0.15) is 22.3 Å². The minimum atomic E-state index is -0.0161. The Morgan fingerprint density at radius 1 is 1.00 bits per heavy atom. The second-order valence-electron chi connectivity index (χ2n) is 4.51.